The van der Waals surface area contributed by atoms with E-state index in [9.17, 15) is 0 Å². The molecule has 11 aromatic rings. The second kappa shape index (κ2) is 13.8. The fourth-order valence-corrected chi connectivity index (χ4v) is 11.4. The third kappa shape index (κ3) is 5.47. The van der Waals surface area contributed by atoms with Crippen molar-refractivity contribution in [1.82, 2.24) is 9.97 Å². The lowest BCUT2D eigenvalue weighted by Crippen LogP contribution is -2.24. The topological polar surface area (TPSA) is 42.9 Å². The molecule has 0 aliphatic heterocycles. The Kier molecular flexibility index (Phi) is 8.10. The van der Waals surface area contributed by atoms with Gasteiger partial charge in [-0.3, -0.25) is 0 Å². The first-order valence-electron chi connectivity index (χ1n) is 19.6. The molecule has 0 atom stereocenters. The standard InChI is InChI=1S/C54H35N2OP/c57-58(40-19-6-2-7-20-40,41-21-8-3-9-22-41)42-31-28-36(29-32-42)51-43-23-11-13-25-45(43)52(46-26-14-12-24-44(46)51)39-30-33-47-50(35-39)56-53(37-16-4-1-5-17-37)48-34-38-18-10-15-27-49(38)55-54(47)48/h1-35H. The summed E-state index contributed by atoms with van der Waals surface area (Å²) in [5, 5.41) is 10.3. The molecule has 3 nitrogen and oxygen atoms in total. The summed E-state index contributed by atoms with van der Waals surface area (Å²) in [5.41, 5.74) is 9.31. The van der Waals surface area contributed by atoms with Crippen LogP contribution in [0.3, 0.4) is 0 Å². The lowest BCUT2D eigenvalue weighted by atomic mass is 9.86. The van der Waals surface area contributed by atoms with Gasteiger partial charge in [0.1, 0.15) is 0 Å². The van der Waals surface area contributed by atoms with Crippen LogP contribution >= 0.6 is 7.14 Å². The highest BCUT2D eigenvalue weighted by Crippen LogP contribution is 2.46. The van der Waals surface area contributed by atoms with Crippen molar-refractivity contribution in [2.24, 2.45) is 0 Å². The third-order valence-corrected chi connectivity index (χ3v) is 14.6. The smallest absolute Gasteiger partial charge is 0.171 e. The highest BCUT2D eigenvalue weighted by atomic mass is 31.2. The van der Waals surface area contributed by atoms with Crippen LogP contribution in [0.15, 0.2) is 212 Å². The van der Waals surface area contributed by atoms with E-state index in [1.54, 1.807) is 0 Å². The summed E-state index contributed by atoms with van der Waals surface area (Å²) in [4.78, 5) is 10.6. The van der Waals surface area contributed by atoms with Crippen molar-refractivity contribution >= 4 is 77.3 Å². The molecule has 58 heavy (non-hydrogen) atoms. The van der Waals surface area contributed by atoms with E-state index in [4.69, 9.17) is 9.97 Å². The van der Waals surface area contributed by atoms with E-state index in [0.29, 0.717) is 0 Å². The zero-order chi connectivity index (χ0) is 38.6. The van der Waals surface area contributed by atoms with Gasteiger partial charge >= 0.3 is 0 Å². The van der Waals surface area contributed by atoms with Crippen LogP contribution < -0.4 is 15.9 Å². The first kappa shape index (κ1) is 34.1. The molecule has 9 aromatic carbocycles. The van der Waals surface area contributed by atoms with E-state index in [0.717, 1.165) is 98.1 Å². The Hall–Kier alpha value is -7.19. The number of nitrogens with zero attached hydrogens (tertiary/aromatic N) is 2. The van der Waals surface area contributed by atoms with E-state index in [2.05, 4.69) is 140 Å². The summed E-state index contributed by atoms with van der Waals surface area (Å²) < 4.78 is 15.2. The molecular weight excluding hydrogens is 724 g/mol. The molecule has 0 radical (unpaired) electrons. The molecule has 2 heterocycles. The molecule has 0 saturated heterocycles. The number of fused-ring (bicyclic) bond motifs is 6. The molecule has 0 saturated carbocycles. The van der Waals surface area contributed by atoms with Crippen molar-refractivity contribution in [2.45, 2.75) is 0 Å². The maximum atomic E-state index is 15.2. The van der Waals surface area contributed by atoms with Gasteiger partial charge in [0.15, 0.2) is 7.14 Å². The molecule has 0 bridgehead atoms. The van der Waals surface area contributed by atoms with Crippen molar-refractivity contribution in [2.75, 3.05) is 0 Å². The minimum atomic E-state index is -3.11. The Labute approximate surface area is 336 Å². The monoisotopic (exact) mass is 758 g/mol. The van der Waals surface area contributed by atoms with Gasteiger partial charge in [-0.25, -0.2) is 9.97 Å². The average molecular weight is 759 g/mol. The van der Waals surface area contributed by atoms with Crippen LogP contribution in [-0.2, 0) is 4.57 Å². The van der Waals surface area contributed by atoms with Crippen LogP contribution in [0.1, 0.15) is 0 Å². The minimum Gasteiger partial charge on any atom is -0.309 e. The molecule has 0 fully saturated rings. The largest absolute Gasteiger partial charge is 0.309 e. The van der Waals surface area contributed by atoms with Gasteiger partial charge in [-0.15, -0.1) is 0 Å². The van der Waals surface area contributed by atoms with Crippen LogP contribution in [0, 0.1) is 0 Å². The number of rotatable bonds is 6. The van der Waals surface area contributed by atoms with Crippen molar-refractivity contribution in [1.29, 1.82) is 0 Å². The average Bonchev–Trinajstić information content (AvgIpc) is 3.30. The van der Waals surface area contributed by atoms with Crippen molar-refractivity contribution in [3.63, 3.8) is 0 Å². The number of pyridine rings is 2. The number of benzene rings is 9. The molecule has 4 heteroatoms. The van der Waals surface area contributed by atoms with Gasteiger partial charge in [-0.05, 0) is 68.1 Å². The molecular formula is C54H35N2OP. The SMILES string of the molecule is O=P(c1ccccc1)(c1ccccc1)c1ccc(-c2c3ccccc3c(-c3ccc4c(c3)nc(-c3ccccc3)c3cc5ccccc5nc34)c3ccccc23)cc1. The van der Waals surface area contributed by atoms with Gasteiger partial charge < -0.3 is 4.57 Å². The van der Waals surface area contributed by atoms with Crippen molar-refractivity contribution in [3.8, 4) is 33.5 Å². The summed E-state index contributed by atoms with van der Waals surface area (Å²) in [6.45, 7) is 0. The number of aromatic nitrogens is 2. The number of hydrogen-bond donors (Lipinski definition) is 0. The van der Waals surface area contributed by atoms with Crippen LogP contribution in [0.2, 0.25) is 0 Å². The van der Waals surface area contributed by atoms with Gasteiger partial charge in [0.25, 0.3) is 0 Å². The Balaban J connectivity index is 1.12. The molecule has 0 aliphatic carbocycles. The normalized spacial score (nSPS) is 11.9. The van der Waals surface area contributed by atoms with Crippen LogP contribution in [-0.4, -0.2) is 9.97 Å². The summed E-state index contributed by atoms with van der Waals surface area (Å²) in [7, 11) is -3.11. The zero-order valence-electron chi connectivity index (χ0n) is 31.5. The molecule has 0 N–H and O–H groups in total. The first-order valence-corrected chi connectivity index (χ1v) is 21.3. The molecule has 0 unspecified atom stereocenters. The van der Waals surface area contributed by atoms with E-state index in [1.165, 1.54) is 5.56 Å². The van der Waals surface area contributed by atoms with Crippen molar-refractivity contribution in [3.05, 3.63) is 212 Å². The van der Waals surface area contributed by atoms with E-state index < -0.39 is 7.14 Å². The molecule has 0 spiro atoms. The lowest BCUT2D eigenvalue weighted by Gasteiger charge is -2.21. The van der Waals surface area contributed by atoms with Crippen molar-refractivity contribution < 1.29 is 4.57 Å². The van der Waals surface area contributed by atoms with Gasteiger partial charge in [0, 0.05) is 37.6 Å². The highest BCUT2D eigenvalue weighted by Gasteiger charge is 2.29. The summed E-state index contributed by atoms with van der Waals surface area (Å²) in [6.07, 6.45) is 0. The van der Waals surface area contributed by atoms with E-state index in [1.807, 2.05) is 72.8 Å². The van der Waals surface area contributed by atoms with Gasteiger partial charge in [-0.1, -0.05) is 188 Å². The fourth-order valence-electron chi connectivity index (χ4n) is 8.79. The lowest BCUT2D eigenvalue weighted by molar-refractivity contribution is 0.592. The Morgan fingerprint density at radius 3 is 1.41 bits per heavy atom. The molecule has 0 amide bonds. The molecule has 11 rings (SSSR count). The van der Waals surface area contributed by atoms with Crippen LogP contribution in [0.4, 0.5) is 0 Å². The van der Waals surface area contributed by atoms with Gasteiger partial charge in [0.2, 0.25) is 0 Å². The minimum absolute atomic E-state index is 0.812. The number of hydrogen-bond acceptors (Lipinski definition) is 3. The summed E-state index contributed by atoms with van der Waals surface area (Å²) in [6, 6.07) is 73.2. The molecule has 272 valence electrons. The van der Waals surface area contributed by atoms with Gasteiger partial charge in [0.05, 0.1) is 22.2 Å². The predicted molar refractivity (Wildman–Crippen MR) is 245 cm³/mol. The Bertz CT molecular complexity index is 3300. The zero-order valence-corrected chi connectivity index (χ0v) is 32.4. The summed E-state index contributed by atoms with van der Waals surface area (Å²) in [5.74, 6) is 0. The van der Waals surface area contributed by atoms with Crippen LogP contribution in [0.25, 0.3) is 87.8 Å². The quantitative estimate of drug-likeness (QED) is 0.0963. The second-order valence-electron chi connectivity index (χ2n) is 14.8. The second-order valence-corrected chi connectivity index (χ2v) is 17.6. The van der Waals surface area contributed by atoms with E-state index in [-0.39, 0.29) is 0 Å². The maximum Gasteiger partial charge on any atom is 0.171 e. The Morgan fingerprint density at radius 1 is 0.328 bits per heavy atom. The fraction of sp³-hybridized carbons (Fsp3) is 0. The third-order valence-electron chi connectivity index (χ3n) is 11.5. The Morgan fingerprint density at radius 2 is 0.810 bits per heavy atom. The number of para-hydroxylation sites is 1. The first-order chi connectivity index (χ1) is 28.6. The molecule has 0 aliphatic rings. The highest BCUT2D eigenvalue weighted by molar-refractivity contribution is 7.85. The van der Waals surface area contributed by atoms with Gasteiger partial charge in [-0.2, -0.15) is 0 Å². The maximum absolute atomic E-state index is 15.2. The predicted octanol–water partition coefficient (Wildman–Crippen LogP) is 12.9. The summed E-state index contributed by atoms with van der Waals surface area (Å²) >= 11 is 0. The molecule has 2 aromatic heterocycles. The van der Waals surface area contributed by atoms with Crippen LogP contribution in [0.5, 0.6) is 0 Å². The van der Waals surface area contributed by atoms with E-state index >= 15 is 4.57 Å².